The number of halogens is 1. The average Bonchev–Trinajstić information content (AvgIpc) is 2.73. The normalized spacial score (nSPS) is 12.7. The van der Waals surface area contributed by atoms with Crippen molar-refractivity contribution in [3.05, 3.63) is 55.2 Å². The highest BCUT2D eigenvalue weighted by atomic mass is 79.9. The third-order valence-electron chi connectivity index (χ3n) is 3.47. The van der Waals surface area contributed by atoms with Gasteiger partial charge in [-0.1, -0.05) is 35.0 Å². The van der Waals surface area contributed by atoms with E-state index < -0.39 is 0 Å². The first-order chi connectivity index (χ1) is 9.52. The Morgan fingerprint density at radius 1 is 1.15 bits per heavy atom. The SMILES string of the molecule is CCCNC(c1ccc(C)c(Br)c1)c1sc(C)cc1C. The standard InChI is InChI=1S/C17H22BrNS/c1-5-8-19-16(17-12(3)9-13(4)20-17)14-7-6-11(2)15(18)10-14/h6-7,9-10,16,19H,5,8H2,1-4H3. The van der Waals surface area contributed by atoms with Gasteiger partial charge in [0.05, 0.1) is 6.04 Å². The number of thiophene rings is 1. The van der Waals surface area contributed by atoms with E-state index in [1.165, 1.54) is 30.9 Å². The van der Waals surface area contributed by atoms with Gasteiger partial charge < -0.3 is 5.32 Å². The summed E-state index contributed by atoms with van der Waals surface area (Å²) >= 11 is 5.55. The number of hydrogen-bond donors (Lipinski definition) is 1. The minimum absolute atomic E-state index is 0.297. The maximum absolute atomic E-state index is 3.69. The van der Waals surface area contributed by atoms with Crippen LogP contribution in [0, 0.1) is 20.8 Å². The van der Waals surface area contributed by atoms with Crippen molar-refractivity contribution >= 4 is 27.3 Å². The van der Waals surface area contributed by atoms with Crippen molar-refractivity contribution in [2.24, 2.45) is 0 Å². The zero-order valence-corrected chi connectivity index (χ0v) is 15.0. The lowest BCUT2D eigenvalue weighted by Crippen LogP contribution is -2.23. The molecule has 2 rings (SSSR count). The second-order valence-electron chi connectivity index (χ2n) is 5.30. The zero-order valence-electron chi connectivity index (χ0n) is 12.6. The molecule has 0 aliphatic rings. The van der Waals surface area contributed by atoms with Crippen molar-refractivity contribution in [3.63, 3.8) is 0 Å². The Bertz CT molecular complexity index is 589. The topological polar surface area (TPSA) is 12.0 Å². The fourth-order valence-electron chi connectivity index (χ4n) is 2.39. The van der Waals surface area contributed by atoms with Crippen LogP contribution in [-0.4, -0.2) is 6.54 Å². The second kappa shape index (κ2) is 6.88. The molecule has 1 unspecified atom stereocenters. The number of hydrogen-bond acceptors (Lipinski definition) is 2. The Hall–Kier alpha value is -0.640. The summed E-state index contributed by atoms with van der Waals surface area (Å²) in [6.45, 7) is 9.77. The smallest absolute Gasteiger partial charge is 0.0674 e. The molecule has 20 heavy (non-hydrogen) atoms. The number of benzene rings is 1. The van der Waals surface area contributed by atoms with Crippen LogP contribution in [0.4, 0.5) is 0 Å². The van der Waals surface area contributed by atoms with E-state index in [-0.39, 0.29) is 0 Å². The van der Waals surface area contributed by atoms with Crippen molar-refractivity contribution in [2.45, 2.75) is 40.2 Å². The number of rotatable bonds is 5. The van der Waals surface area contributed by atoms with E-state index in [1.807, 2.05) is 11.3 Å². The molecule has 0 aliphatic carbocycles. The molecule has 0 aliphatic heterocycles. The fourth-order valence-corrected chi connectivity index (χ4v) is 3.92. The van der Waals surface area contributed by atoms with Gasteiger partial charge in [-0.2, -0.15) is 0 Å². The van der Waals surface area contributed by atoms with Crippen molar-refractivity contribution in [3.8, 4) is 0 Å². The van der Waals surface area contributed by atoms with Crippen LogP contribution < -0.4 is 5.32 Å². The molecule has 0 fully saturated rings. The van der Waals surface area contributed by atoms with Gasteiger partial charge in [-0.3, -0.25) is 0 Å². The van der Waals surface area contributed by atoms with Crippen LogP contribution in [0.2, 0.25) is 0 Å². The predicted octanol–water partition coefficient (Wildman–Crippen LogP) is 5.52. The molecule has 1 atom stereocenters. The van der Waals surface area contributed by atoms with Crippen molar-refractivity contribution in [1.29, 1.82) is 0 Å². The highest BCUT2D eigenvalue weighted by Gasteiger charge is 2.18. The summed E-state index contributed by atoms with van der Waals surface area (Å²) in [7, 11) is 0. The van der Waals surface area contributed by atoms with E-state index in [2.05, 4.69) is 73.2 Å². The summed E-state index contributed by atoms with van der Waals surface area (Å²) < 4.78 is 1.18. The van der Waals surface area contributed by atoms with Gasteiger partial charge in [-0.25, -0.2) is 0 Å². The Balaban J connectivity index is 2.41. The molecule has 1 nitrogen and oxygen atoms in total. The Morgan fingerprint density at radius 2 is 1.90 bits per heavy atom. The number of nitrogens with one attached hydrogen (secondary N) is 1. The first-order valence-corrected chi connectivity index (χ1v) is 8.70. The predicted molar refractivity (Wildman–Crippen MR) is 92.8 cm³/mol. The van der Waals surface area contributed by atoms with Crippen LogP contribution in [0.1, 0.15) is 45.8 Å². The maximum Gasteiger partial charge on any atom is 0.0674 e. The molecule has 0 amide bonds. The first-order valence-electron chi connectivity index (χ1n) is 7.09. The molecular weight excluding hydrogens is 330 g/mol. The quantitative estimate of drug-likeness (QED) is 0.747. The molecule has 3 heteroatoms. The molecule has 0 spiro atoms. The van der Waals surface area contributed by atoms with Gasteiger partial charge in [0.25, 0.3) is 0 Å². The van der Waals surface area contributed by atoms with E-state index in [0.29, 0.717) is 6.04 Å². The molecule has 0 saturated carbocycles. The Kier molecular flexibility index (Phi) is 5.42. The number of aryl methyl sites for hydroxylation is 3. The highest BCUT2D eigenvalue weighted by molar-refractivity contribution is 9.10. The van der Waals surface area contributed by atoms with Crippen LogP contribution in [0.5, 0.6) is 0 Å². The molecule has 1 aromatic carbocycles. The fraction of sp³-hybridized carbons (Fsp3) is 0.412. The van der Waals surface area contributed by atoms with Gasteiger partial charge in [0.1, 0.15) is 0 Å². The van der Waals surface area contributed by atoms with Crippen molar-refractivity contribution in [1.82, 2.24) is 5.32 Å². The molecule has 108 valence electrons. The summed E-state index contributed by atoms with van der Waals surface area (Å²) in [6.07, 6.45) is 1.15. The lowest BCUT2D eigenvalue weighted by molar-refractivity contribution is 0.603. The van der Waals surface area contributed by atoms with Crippen LogP contribution in [0.3, 0.4) is 0 Å². The van der Waals surface area contributed by atoms with Crippen LogP contribution in [-0.2, 0) is 0 Å². The van der Waals surface area contributed by atoms with Gasteiger partial charge in [0.2, 0.25) is 0 Å². The lowest BCUT2D eigenvalue weighted by Gasteiger charge is -2.19. The van der Waals surface area contributed by atoms with Gasteiger partial charge in [0, 0.05) is 14.2 Å². The molecule has 1 heterocycles. The molecular formula is C17H22BrNS. The second-order valence-corrected chi connectivity index (χ2v) is 7.44. The first kappa shape index (κ1) is 15.7. The van der Waals surface area contributed by atoms with Gasteiger partial charge in [-0.05, 0) is 62.6 Å². The van der Waals surface area contributed by atoms with Gasteiger partial charge in [0.15, 0.2) is 0 Å². The summed E-state index contributed by atoms with van der Waals surface area (Å²) in [5.41, 5.74) is 4.00. The highest BCUT2D eigenvalue weighted by Crippen LogP contribution is 2.33. The molecule has 0 radical (unpaired) electrons. The zero-order chi connectivity index (χ0) is 14.7. The Morgan fingerprint density at radius 3 is 2.45 bits per heavy atom. The van der Waals surface area contributed by atoms with Crippen LogP contribution in [0.15, 0.2) is 28.7 Å². The van der Waals surface area contributed by atoms with Crippen LogP contribution >= 0.6 is 27.3 Å². The van der Waals surface area contributed by atoms with E-state index in [1.54, 1.807) is 0 Å². The minimum atomic E-state index is 0.297. The van der Waals surface area contributed by atoms with E-state index in [4.69, 9.17) is 0 Å². The van der Waals surface area contributed by atoms with Crippen molar-refractivity contribution < 1.29 is 0 Å². The molecule has 1 N–H and O–H groups in total. The maximum atomic E-state index is 3.69. The summed E-state index contributed by atoms with van der Waals surface area (Å²) in [5.74, 6) is 0. The largest absolute Gasteiger partial charge is 0.306 e. The van der Waals surface area contributed by atoms with E-state index in [9.17, 15) is 0 Å². The average molecular weight is 352 g/mol. The molecule has 0 saturated heterocycles. The monoisotopic (exact) mass is 351 g/mol. The van der Waals surface area contributed by atoms with Crippen LogP contribution in [0.25, 0.3) is 0 Å². The molecule has 1 aromatic heterocycles. The minimum Gasteiger partial charge on any atom is -0.306 e. The third-order valence-corrected chi connectivity index (χ3v) is 5.54. The molecule has 0 bridgehead atoms. The van der Waals surface area contributed by atoms with Crippen molar-refractivity contribution in [2.75, 3.05) is 6.54 Å². The summed E-state index contributed by atoms with van der Waals surface area (Å²) in [5, 5.41) is 3.69. The Labute approximate surface area is 134 Å². The summed E-state index contributed by atoms with van der Waals surface area (Å²) in [4.78, 5) is 2.82. The van der Waals surface area contributed by atoms with Gasteiger partial charge >= 0.3 is 0 Å². The van der Waals surface area contributed by atoms with Gasteiger partial charge in [-0.15, -0.1) is 11.3 Å². The third kappa shape index (κ3) is 3.51. The lowest BCUT2D eigenvalue weighted by atomic mass is 10.0. The van der Waals surface area contributed by atoms with E-state index in [0.717, 1.165) is 13.0 Å². The summed E-state index contributed by atoms with van der Waals surface area (Å²) in [6, 6.07) is 9.25. The van der Waals surface area contributed by atoms with E-state index >= 15 is 0 Å². The molecule has 2 aromatic rings.